The first-order chi connectivity index (χ1) is 9.08. The van der Waals surface area contributed by atoms with Crippen LogP contribution in [0.25, 0.3) is 0 Å². The van der Waals surface area contributed by atoms with Gasteiger partial charge >= 0.3 is 0 Å². The van der Waals surface area contributed by atoms with Crippen molar-refractivity contribution >= 4 is 17.3 Å². The summed E-state index contributed by atoms with van der Waals surface area (Å²) in [5, 5.41) is 11.6. The Balaban J connectivity index is 0.000000200. The number of anilines is 3. The molecule has 6 N–H and O–H groups in total. The second-order valence-corrected chi connectivity index (χ2v) is 3.45. The first kappa shape index (κ1) is 14.4. The Hall–Kier alpha value is -2.70. The van der Waals surface area contributed by atoms with Gasteiger partial charge in [-0.3, -0.25) is 0 Å². The maximum Gasteiger partial charge on any atom is 0.215 e. The van der Waals surface area contributed by atoms with Gasteiger partial charge in [-0.25, -0.2) is 4.98 Å². The van der Waals surface area contributed by atoms with Crippen LogP contribution in [-0.2, 0) is 0 Å². The zero-order valence-corrected chi connectivity index (χ0v) is 10.8. The van der Waals surface area contributed by atoms with E-state index in [0.29, 0.717) is 17.4 Å². The molecule has 0 aliphatic rings. The van der Waals surface area contributed by atoms with Crippen molar-refractivity contribution in [2.45, 2.75) is 0 Å². The third-order valence-corrected chi connectivity index (χ3v) is 2.16. The molecule has 0 spiro atoms. The van der Waals surface area contributed by atoms with Crippen LogP contribution in [0, 0.1) is 0 Å². The standard InChI is InChI=1S/C7H11N3O.C5H6N2O/c1-9-7-5(8)3-4-6(10-7)11-2;6-5-4(8)2-1-3-7-5/h3-4H,8H2,1-2H3,(H,9,10);1-3,8H,(H2,6,7). The third kappa shape index (κ3) is 4.23. The van der Waals surface area contributed by atoms with E-state index in [1.165, 1.54) is 12.3 Å². The highest BCUT2D eigenvalue weighted by atomic mass is 16.5. The number of nitrogen functional groups attached to an aromatic ring is 2. The molecule has 2 heterocycles. The molecule has 2 rings (SSSR count). The molecule has 0 aliphatic heterocycles. The Kier molecular flexibility index (Phi) is 5.21. The van der Waals surface area contributed by atoms with Crippen molar-refractivity contribution in [3.8, 4) is 11.6 Å². The maximum atomic E-state index is 8.73. The molecule has 0 fully saturated rings. The van der Waals surface area contributed by atoms with E-state index in [-0.39, 0.29) is 11.6 Å². The Morgan fingerprint density at radius 1 is 1.26 bits per heavy atom. The number of aromatic nitrogens is 2. The average molecular weight is 263 g/mol. The predicted molar refractivity (Wildman–Crippen MR) is 75.1 cm³/mol. The van der Waals surface area contributed by atoms with Crippen LogP contribution in [0.2, 0.25) is 0 Å². The number of hydrogen-bond donors (Lipinski definition) is 4. The minimum Gasteiger partial charge on any atom is -0.504 e. The smallest absolute Gasteiger partial charge is 0.215 e. The highest BCUT2D eigenvalue weighted by molar-refractivity contribution is 5.61. The fourth-order valence-electron chi connectivity index (χ4n) is 1.17. The number of methoxy groups -OCH3 is 1. The van der Waals surface area contributed by atoms with Gasteiger partial charge in [0.2, 0.25) is 5.88 Å². The molecule has 0 atom stereocenters. The molecule has 2 aromatic heterocycles. The molecule has 0 bridgehead atoms. The number of aromatic hydroxyl groups is 1. The van der Waals surface area contributed by atoms with Crippen LogP contribution < -0.4 is 21.5 Å². The molecule has 2 aromatic rings. The maximum absolute atomic E-state index is 8.73. The van der Waals surface area contributed by atoms with Crippen LogP contribution in [0.15, 0.2) is 30.5 Å². The van der Waals surface area contributed by atoms with Crippen molar-refractivity contribution in [1.29, 1.82) is 0 Å². The van der Waals surface area contributed by atoms with Gasteiger partial charge < -0.3 is 26.6 Å². The van der Waals surface area contributed by atoms with Gasteiger partial charge in [-0.1, -0.05) is 0 Å². The van der Waals surface area contributed by atoms with Gasteiger partial charge in [0.05, 0.1) is 12.8 Å². The summed E-state index contributed by atoms with van der Waals surface area (Å²) in [6.45, 7) is 0. The lowest BCUT2D eigenvalue weighted by atomic mass is 10.4. The lowest BCUT2D eigenvalue weighted by Crippen LogP contribution is -1.99. The van der Waals surface area contributed by atoms with Crippen LogP contribution in [0.3, 0.4) is 0 Å². The van der Waals surface area contributed by atoms with Crippen molar-refractivity contribution in [2.24, 2.45) is 0 Å². The SMILES string of the molecule is CNc1nc(OC)ccc1N.Nc1ncccc1O. The number of nitrogens with two attached hydrogens (primary N) is 2. The van der Waals surface area contributed by atoms with Gasteiger partial charge in [0, 0.05) is 19.3 Å². The van der Waals surface area contributed by atoms with E-state index in [9.17, 15) is 0 Å². The summed E-state index contributed by atoms with van der Waals surface area (Å²) in [7, 11) is 3.33. The van der Waals surface area contributed by atoms with Gasteiger partial charge in [0.1, 0.15) is 0 Å². The summed E-state index contributed by atoms with van der Waals surface area (Å²) >= 11 is 0. The van der Waals surface area contributed by atoms with Crippen LogP contribution in [-0.4, -0.2) is 29.2 Å². The number of rotatable bonds is 2. The summed E-state index contributed by atoms with van der Waals surface area (Å²) in [5.41, 5.74) is 11.4. The third-order valence-electron chi connectivity index (χ3n) is 2.16. The summed E-state index contributed by atoms with van der Waals surface area (Å²) in [4.78, 5) is 7.66. The Bertz CT molecular complexity index is 512. The number of ether oxygens (including phenoxy) is 1. The molecule has 0 saturated carbocycles. The summed E-state index contributed by atoms with van der Waals surface area (Å²) in [6, 6.07) is 6.57. The van der Waals surface area contributed by atoms with Gasteiger partial charge in [-0.2, -0.15) is 4.98 Å². The summed E-state index contributed by atoms with van der Waals surface area (Å²) in [5.74, 6) is 1.41. The highest BCUT2D eigenvalue weighted by Crippen LogP contribution is 2.18. The van der Waals surface area contributed by atoms with Gasteiger partial charge in [0.25, 0.3) is 0 Å². The number of hydrogen-bond acceptors (Lipinski definition) is 7. The first-order valence-corrected chi connectivity index (χ1v) is 5.46. The topological polar surface area (TPSA) is 119 Å². The molecule has 0 aromatic carbocycles. The average Bonchev–Trinajstić information content (AvgIpc) is 2.43. The molecule has 0 saturated heterocycles. The van der Waals surface area contributed by atoms with Crippen molar-refractivity contribution in [2.75, 3.05) is 30.9 Å². The van der Waals surface area contributed by atoms with Crippen LogP contribution in [0.5, 0.6) is 11.6 Å². The number of pyridine rings is 2. The van der Waals surface area contributed by atoms with E-state index in [1.807, 2.05) is 0 Å². The molecular formula is C12H17N5O2. The number of nitrogens with zero attached hydrogens (tertiary/aromatic N) is 2. The monoisotopic (exact) mass is 263 g/mol. The quantitative estimate of drug-likeness (QED) is 0.640. The molecule has 7 nitrogen and oxygen atoms in total. The minimum atomic E-state index is 0.0347. The zero-order valence-electron chi connectivity index (χ0n) is 10.8. The molecular weight excluding hydrogens is 246 g/mol. The van der Waals surface area contributed by atoms with Crippen molar-refractivity contribution in [1.82, 2.24) is 9.97 Å². The van der Waals surface area contributed by atoms with Gasteiger partial charge in [0.15, 0.2) is 17.4 Å². The van der Waals surface area contributed by atoms with E-state index in [0.717, 1.165) is 0 Å². The Morgan fingerprint density at radius 3 is 2.47 bits per heavy atom. The zero-order chi connectivity index (χ0) is 14.3. The van der Waals surface area contributed by atoms with Gasteiger partial charge in [-0.15, -0.1) is 0 Å². The number of nitrogens with one attached hydrogen (secondary N) is 1. The van der Waals surface area contributed by atoms with Gasteiger partial charge in [-0.05, 0) is 18.2 Å². The lowest BCUT2D eigenvalue weighted by molar-refractivity contribution is 0.398. The molecule has 7 heteroatoms. The van der Waals surface area contributed by atoms with E-state index >= 15 is 0 Å². The fraction of sp³-hybridized carbons (Fsp3) is 0.167. The molecule has 0 unspecified atom stereocenters. The predicted octanol–water partition coefficient (Wildman–Crippen LogP) is 1.08. The minimum absolute atomic E-state index is 0.0347. The van der Waals surface area contributed by atoms with Crippen LogP contribution in [0.1, 0.15) is 0 Å². The second kappa shape index (κ2) is 6.90. The normalized spacial score (nSPS) is 9.16. The summed E-state index contributed by atoms with van der Waals surface area (Å²) < 4.78 is 4.90. The van der Waals surface area contributed by atoms with E-state index in [1.54, 1.807) is 32.4 Å². The van der Waals surface area contributed by atoms with Crippen molar-refractivity contribution in [3.63, 3.8) is 0 Å². The fourth-order valence-corrected chi connectivity index (χ4v) is 1.17. The molecule has 19 heavy (non-hydrogen) atoms. The van der Waals surface area contributed by atoms with E-state index in [2.05, 4.69) is 15.3 Å². The largest absolute Gasteiger partial charge is 0.504 e. The van der Waals surface area contributed by atoms with Crippen molar-refractivity contribution < 1.29 is 9.84 Å². The Labute approximate surface area is 111 Å². The van der Waals surface area contributed by atoms with E-state index in [4.69, 9.17) is 21.3 Å². The summed E-state index contributed by atoms with van der Waals surface area (Å²) in [6.07, 6.45) is 1.52. The second-order valence-electron chi connectivity index (χ2n) is 3.45. The molecule has 102 valence electrons. The molecule has 0 aliphatic carbocycles. The lowest BCUT2D eigenvalue weighted by Gasteiger charge is -2.04. The molecule has 0 amide bonds. The van der Waals surface area contributed by atoms with Crippen LogP contribution >= 0.6 is 0 Å². The van der Waals surface area contributed by atoms with Crippen molar-refractivity contribution in [3.05, 3.63) is 30.5 Å². The van der Waals surface area contributed by atoms with Crippen LogP contribution in [0.4, 0.5) is 17.3 Å². The molecule has 0 radical (unpaired) electrons. The first-order valence-electron chi connectivity index (χ1n) is 5.46. The Morgan fingerprint density at radius 2 is 2.00 bits per heavy atom. The highest BCUT2D eigenvalue weighted by Gasteiger charge is 1.99. The van der Waals surface area contributed by atoms with E-state index < -0.39 is 0 Å².